The molecule has 0 radical (unpaired) electrons. The highest BCUT2D eigenvalue weighted by Gasteiger charge is 2.16. The molecule has 4 nitrogen and oxygen atoms in total. The van der Waals surface area contributed by atoms with Crippen LogP contribution in [0.3, 0.4) is 0 Å². The molecule has 0 bridgehead atoms. The molecule has 0 saturated heterocycles. The van der Waals surface area contributed by atoms with Crippen LogP contribution in [-0.2, 0) is 11.3 Å². The maximum Gasteiger partial charge on any atom is 0.304 e. The van der Waals surface area contributed by atoms with E-state index in [1.165, 1.54) is 5.56 Å². The van der Waals surface area contributed by atoms with Crippen molar-refractivity contribution in [1.82, 2.24) is 0 Å². The molecule has 0 amide bonds. The first-order valence-electron chi connectivity index (χ1n) is 7.47. The fourth-order valence-electron chi connectivity index (χ4n) is 2.57. The second-order valence-electron chi connectivity index (χ2n) is 5.58. The molecule has 0 fully saturated rings. The summed E-state index contributed by atoms with van der Waals surface area (Å²) in [5, 5.41) is 9.65. The lowest BCUT2D eigenvalue weighted by Gasteiger charge is -2.23. The molecule has 0 heterocycles. The standard InChI is InChI=1S/C18H21ClN2O2.ClH/c1-21(12-13-5-3-2-4-6-13)17-9-14(7-8-16(17)19)15(11-20)10-18(22)23;/h2-9,15H,10-12,20H2,1H3,(H,22,23);1H/t15-;/m0./s1. The number of rotatable bonds is 7. The molecule has 2 rings (SSSR count). The van der Waals surface area contributed by atoms with Gasteiger partial charge in [0, 0.05) is 19.5 Å². The van der Waals surface area contributed by atoms with E-state index in [0.717, 1.165) is 17.8 Å². The summed E-state index contributed by atoms with van der Waals surface area (Å²) in [4.78, 5) is 13.0. The Morgan fingerprint density at radius 3 is 2.50 bits per heavy atom. The van der Waals surface area contributed by atoms with Gasteiger partial charge in [-0.05, 0) is 29.8 Å². The minimum Gasteiger partial charge on any atom is -0.481 e. The molecule has 0 saturated carbocycles. The minimum absolute atomic E-state index is 0. The number of carboxylic acid groups (broad SMARTS) is 1. The van der Waals surface area contributed by atoms with E-state index >= 15 is 0 Å². The second kappa shape index (κ2) is 9.52. The van der Waals surface area contributed by atoms with E-state index in [1.807, 2.05) is 37.4 Å². The fraction of sp³-hybridized carbons (Fsp3) is 0.278. The molecule has 0 aromatic heterocycles. The molecule has 24 heavy (non-hydrogen) atoms. The molecular formula is C18H22Cl2N2O2. The summed E-state index contributed by atoms with van der Waals surface area (Å²) in [6.45, 7) is 1.01. The van der Waals surface area contributed by atoms with Crippen molar-refractivity contribution in [3.8, 4) is 0 Å². The quantitative estimate of drug-likeness (QED) is 0.777. The van der Waals surface area contributed by atoms with Gasteiger partial charge in [-0.2, -0.15) is 0 Å². The van der Waals surface area contributed by atoms with E-state index in [-0.39, 0.29) is 31.3 Å². The van der Waals surface area contributed by atoms with Crippen LogP contribution in [0.25, 0.3) is 0 Å². The van der Waals surface area contributed by atoms with E-state index < -0.39 is 5.97 Å². The van der Waals surface area contributed by atoms with E-state index in [4.69, 9.17) is 22.4 Å². The molecule has 3 N–H and O–H groups in total. The zero-order chi connectivity index (χ0) is 16.8. The molecule has 6 heteroatoms. The zero-order valence-electron chi connectivity index (χ0n) is 13.5. The second-order valence-corrected chi connectivity index (χ2v) is 5.99. The first-order valence-corrected chi connectivity index (χ1v) is 7.85. The number of nitrogens with zero attached hydrogens (tertiary/aromatic N) is 1. The van der Waals surface area contributed by atoms with E-state index in [9.17, 15) is 4.79 Å². The number of aliphatic carboxylic acids is 1. The molecule has 2 aromatic rings. The third kappa shape index (κ3) is 5.41. The first-order chi connectivity index (χ1) is 11.0. The van der Waals surface area contributed by atoms with Gasteiger partial charge in [0.05, 0.1) is 17.1 Å². The highest BCUT2D eigenvalue weighted by molar-refractivity contribution is 6.33. The average Bonchev–Trinajstić information content (AvgIpc) is 2.54. The Hall–Kier alpha value is -1.75. The monoisotopic (exact) mass is 368 g/mol. The van der Waals surface area contributed by atoms with Crippen LogP contribution in [0.5, 0.6) is 0 Å². The summed E-state index contributed by atoms with van der Waals surface area (Å²) >= 11 is 6.32. The summed E-state index contributed by atoms with van der Waals surface area (Å²) in [6, 6.07) is 15.7. The Kier molecular flexibility index (Phi) is 8.05. The lowest BCUT2D eigenvalue weighted by Crippen LogP contribution is -2.19. The Labute approximate surface area is 153 Å². The van der Waals surface area contributed by atoms with Gasteiger partial charge in [-0.3, -0.25) is 4.79 Å². The number of nitrogens with two attached hydrogens (primary N) is 1. The lowest BCUT2D eigenvalue weighted by atomic mass is 9.95. The van der Waals surface area contributed by atoms with Gasteiger partial charge >= 0.3 is 5.97 Å². The Morgan fingerprint density at radius 2 is 1.92 bits per heavy atom. The van der Waals surface area contributed by atoms with E-state index in [0.29, 0.717) is 5.02 Å². The highest BCUT2D eigenvalue weighted by Crippen LogP contribution is 2.31. The van der Waals surface area contributed by atoms with Crippen LogP contribution in [0.1, 0.15) is 23.5 Å². The van der Waals surface area contributed by atoms with Crippen LogP contribution in [0.2, 0.25) is 5.02 Å². The van der Waals surface area contributed by atoms with Gasteiger partial charge in [0.25, 0.3) is 0 Å². The Morgan fingerprint density at radius 1 is 1.25 bits per heavy atom. The van der Waals surface area contributed by atoms with Crippen LogP contribution in [-0.4, -0.2) is 24.7 Å². The smallest absolute Gasteiger partial charge is 0.304 e. The molecular weight excluding hydrogens is 347 g/mol. The Bertz CT molecular complexity index is 665. The molecule has 0 spiro atoms. The van der Waals surface area contributed by atoms with Crippen LogP contribution in [0, 0.1) is 0 Å². The van der Waals surface area contributed by atoms with Crippen LogP contribution in [0.4, 0.5) is 5.69 Å². The van der Waals surface area contributed by atoms with E-state index in [2.05, 4.69) is 17.0 Å². The van der Waals surface area contributed by atoms with Crippen molar-refractivity contribution >= 4 is 35.7 Å². The van der Waals surface area contributed by atoms with Crippen LogP contribution < -0.4 is 10.6 Å². The third-order valence-electron chi connectivity index (χ3n) is 3.82. The molecule has 2 aromatic carbocycles. The molecule has 130 valence electrons. The predicted molar refractivity (Wildman–Crippen MR) is 101 cm³/mol. The lowest BCUT2D eigenvalue weighted by molar-refractivity contribution is -0.137. The van der Waals surface area contributed by atoms with Gasteiger partial charge in [-0.25, -0.2) is 0 Å². The van der Waals surface area contributed by atoms with Gasteiger partial charge in [0.2, 0.25) is 0 Å². The van der Waals surface area contributed by atoms with Crippen molar-refractivity contribution in [2.24, 2.45) is 5.73 Å². The minimum atomic E-state index is -0.852. The molecule has 0 aliphatic heterocycles. The average molecular weight is 369 g/mol. The van der Waals surface area contributed by atoms with Crippen molar-refractivity contribution in [2.45, 2.75) is 18.9 Å². The fourth-order valence-corrected chi connectivity index (χ4v) is 2.83. The number of anilines is 1. The molecule has 0 aliphatic carbocycles. The van der Waals surface area contributed by atoms with Crippen molar-refractivity contribution < 1.29 is 9.90 Å². The van der Waals surface area contributed by atoms with Gasteiger partial charge < -0.3 is 15.7 Å². The van der Waals surface area contributed by atoms with Crippen molar-refractivity contribution in [3.63, 3.8) is 0 Å². The van der Waals surface area contributed by atoms with Gasteiger partial charge in [-0.1, -0.05) is 48.0 Å². The first kappa shape index (κ1) is 20.3. The molecule has 1 atom stereocenters. The molecule has 0 unspecified atom stereocenters. The highest BCUT2D eigenvalue weighted by atomic mass is 35.5. The third-order valence-corrected chi connectivity index (χ3v) is 4.14. The summed E-state index contributed by atoms with van der Waals surface area (Å²) in [5.41, 5.74) is 8.68. The summed E-state index contributed by atoms with van der Waals surface area (Å²) in [7, 11) is 1.96. The van der Waals surface area contributed by atoms with Crippen molar-refractivity contribution in [3.05, 3.63) is 64.7 Å². The van der Waals surface area contributed by atoms with Crippen molar-refractivity contribution in [2.75, 3.05) is 18.5 Å². The van der Waals surface area contributed by atoms with Gasteiger partial charge in [-0.15, -0.1) is 12.4 Å². The normalized spacial score (nSPS) is 11.5. The summed E-state index contributed by atoms with van der Waals surface area (Å²) < 4.78 is 0. The largest absolute Gasteiger partial charge is 0.481 e. The maximum atomic E-state index is 11.0. The number of carboxylic acids is 1. The summed E-state index contributed by atoms with van der Waals surface area (Å²) in [5.74, 6) is -1.07. The predicted octanol–water partition coefficient (Wildman–Crippen LogP) is 3.92. The summed E-state index contributed by atoms with van der Waals surface area (Å²) in [6.07, 6.45) is 0.0139. The molecule has 0 aliphatic rings. The van der Waals surface area contributed by atoms with E-state index in [1.54, 1.807) is 6.07 Å². The zero-order valence-corrected chi connectivity index (χ0v) is 15.1. The topological polar surface area (TPSA) is 66.6 Å². The number of hydrogen-bond donors (Lipinski definition) is 2. The number of hydrogen-bond acceptors (Lipinski definition) is 3. The van der Waals surface area contributed by atoms with Crippen molar-refractivity contribution in [1.29, 1.82) is 0 Å². The SMILES string of the molecule is CN(Cc1ccccc1)c1cc([C@H](CN)CC(=O)O)ccc1Cl.Cl. The van der Waals surface area contributed by atoms with Gasteiger partial charge in [0.1, 0.15) is 0 Å². The van der Waals surface area contributed by atoms with Crippen LogP contribution in [0.15, 0.2) is 48.5 Å². The maximum absolute atomic E-state index is 11.0. The number of benzene rings is 2. The number of halogens is 2. The Balaban J connectivity index is 0.00000288. The van der Waals surface area contributed by atoms with Gasteiger partial charge in [0.15, 0.2) is 0 Å². The number of carbonyl (C=O) groups is 1. The van der Waals surface area contributed by atoms with Crippen LogP contribution >= 0.6 is 24.0 Å².